The minimum atomic E-state index is -0.599. The number of amides is 1. The van der Waals surface area contributed by atoms with Crippen molar-refractivity contribution in [2.75, 3.05) is 13.1 Å². The van der Waals surface area contributed by atoms with Gasteiger partial charge in [-0.1, -0.05) is 0 Å². The molecule has 8 heteroatoms. The van der Waals surface area contributed by atoms with Crippen LogP contribution in [0.25, 0.3) is 10.9 Å². The van der Waals surface area contributed by atoms with Gasteiger partial charge in [0.1, 0.15) is 16.9 Å². The SMILES string of the molecule is Cc1[nH]nc2c(C)cc(C(=O)N3CCC4(CC3)CC(=O)c3c(ccnc3OC(C)C)O4)cc12. The summed E-state index contributed by atoms with van der Waals surface area (Å²) < 4.78 is 12.1. The molecule has 0 aliphatic carbocycles. The van der Waals surface area contributed by atoms with Crippen molar-refractivity contribution in [1.29, 1.82) is 0 Å². The van der Waals surface area contributed by atoms with Crippen LogP contribution in [0, 0.1) is 13.8 Å². The smallest absolute Gasteiger partial charge is 0.253 e. The zero-order valence-electron chi connectivity index (χ0n) is 19.4. The molecule has 0 bridgehead atoms. The molecule has 2 aliphatic heterocycles. The summed E-state index contributed by atoms with van der Waals surface area (Å²) in [6, 6.07) is 5.54. The highest BCUT2D eigenvalue weighted by Crippen LogP contribution is 2.42. The number of carbonyl (C=O) groups is 2. The van der Waals surface area contributed by atoms with E-state index in [1.165, 1.54) is 0 Å². The highest BCUT2D eigenvalue weighted by atomic mass is 16.5. The maximum Gasteiger partial charge on any atom is 0.253 e. The van der Waals surface area contributed by atoms with Gasteiger partial charge in [-0.15, -0.1) is 0 Å². The van der Waals surface area contributed by atoms with Crippen molar-refractivity contribution in [2.24, 2.45) is 0 Å². The summed E-state index contributed by atoms with van der Waals surface area (Å²) >= 11 is 0. The Balaban J connectivity index is 1.34. The lowest BCUT2D eigenvalue weighted by atomic mass is 9.82. The largest absolute Gasteiger partial charge is 0.486 e. The van der Waals surface area contributed by atoms with Crippen molar-refractivity contribution in [3.05, 3.63) is 46.8 Å². The lowest BCUT2D eigenvalue weighted by Gasteiger charge is -2.44. The molecular formula is C25H28N4O4. The Morgan fingerprint density at radius 1 is 1.24 bits per heavy atom. The van der Waals surface area contributed by atoms with Crippen LogP contribution in [0.4, 0.5) is 0 Å². The van der Waals surface area contributed by atoms with Crippen LogP contribution in [0.5, 0.6) is 11.6 Å². The molecule has 5 rings (SSSR count). The van der Waals surface area contributed by atoms with Crippen molar-refractivity contribution >= 4 is 22.6 Å². The Hall–Kier alpha value is -3.42. The molecule has 0 radical (unpaired) electrons. The van der Waals surface area contributed by atoms with Gasteiger partial charge in [-0.2, -0.15) is 5.10 Å². The molecule has 1 amide bonds. The molecule has 0 unspecified atom stereocenters. The van der Waals surface area contributed by atoms with Gasteiger partial charge < -0.3 is 14.4 Å². The second-order valence-electron chi connectivity index (χ2n) is 9.37. The van der Waals surface area contributed by atoms with Gasteiger partial charge >= 0.3 is 0 Å². The predicted molar refractivity (Wildman–Crippen MR) is 123 cm³/mol. The maximum atomic E-state index is 13.3. The number of Topliss-reactive ketones (excluding diaryl/α,β-unsaturated/α-hetero) is 1. The second kappa shape index (κ2) is 7.86. The molecule has 8 nitrogen and oxygen atoms in total. The Kier molecular flexibility index (Phi) is 5.11. The fraction of sp³-hybridized carbons (Fsp3) is 0.440. The topological polar surface area (TPSA) is 97.4 Å². The first-order valence-corrected chi connectivity index (χ1v) is 11.4. The predicted octanol–water partition coefficient (Wildman–Crippen LogP) is 4.00. The van der Waals surface area contributed by atoms with Crippen molar-refractivity contribution in [1.82, 2.24) is 20.1 Å². The van der Waals surface area contributed by atoms with Crippen molar-refractivity contribution in [3.8, 4) is 11.6 Å². The van der Waals surface area contributed by atoms with Crippen molar-refractivity contribution in [3.63, 3.8) is 0 Å². The summed E-state index contributed by atoms with van der Waals surface area (Å²) in [7, 11) is 0. The van der Waals surface area contributed by atoms with Gasteiger partial charge in [0.05, 0.1) is 18.0 Å². The number of nitrogens with zero attached hydrogens (tertiary/aromatic N) is 3. The lowest BCUT2D eigenvalue weighted by Crippen LogP contribution is -2.52. The number of H-pyrrole nitrogens is 1. The van der Waals surface area contributed by atoms with Gasteiger partial charge in [0.25, 0.3) is 5.91 Å². The second-order valence-corrected chi connectivity index (χ2v) is 9.37. The Morgan fingerprint density at radius 2 is 2.00 bits per heavy atom. The summed E-state index contributed by atoms with van der Waals surface area (Å²) in [6.45, 7) is 8.78. The number of hydrogen-bond donors (Lipinski definition) is 1. The number of hydrogen-bond acceptors (Lipinski definition) is 6. The first kappa shape index (κ1) is 21.4. The molecule has 1 saturated heterocycles. The average molecular weight is 449 g/mol. The van der Waals surface area contributed by atoms with Gasteiger partial charge in [-0.05, 0) is 51.5 Å². The summed E-state index contributed by atoms with van der Waals surface area (Å²) in [6.07, 6.45) is 2.98. The van der Waals surface area contributed by atoms with E-state index in [1.54, 1.807) is 12.3 Å². The number of ketones is 1. The van der Waals surface area contributed by atoms with E-state index in [9.17, 15) is 9.59 Å². The van der Waals surface area contributed by atoms with Crippen LogP contribution < -0.4 is 9.47 Å². The zero-order chi connectivity index (χ0) is 23.3. The minimum Gasteiger partial charge on any atom is -0.486 e. The van der Waals surface area contributed by atoms with E-state index in [-0.39, 0.29) is 24.2 Å². The molecular weight excluding hydrogens is 420 g/mol. The number of piperidine rings is 1. The zero-order valence-corrected chi connectivity index (χ0v) is 19.4. The van der Waals surface area contributed by atoms with Crippen LogP contribution in [0.3, 0.4) is 0 Å². The molecule has 0 saturated carbocycles. The number of carbonyl (C=O) groups excluding carboxylic acids is 2. The summed E-state index contributed by atoms with van der Waals surface area (Å²) in [4.78, 5) is 32.4. The van der Waals surface area contributed by atoms with Crippen molar-refractivity contribution in [2.45, 2.75) is 58.7 Å². The van der Waals surface area contributed by atoms with Gasteiger partial charge in [-0.3, -0.25) is 14.7 Å². The fourth-order valence-corrected chi connectivity index (χ4v) is 4.85. The highest BCUT2D eigenvalue weighted by Gasteiger charge is 2.45. The minimum absolute atomic E-state index is 0.00481. The number of nitrogens with one attached hydrogen (secondary N) is 1. The maximum absolute atomic E-state index is 13.3. The van der Waals surface area contributed by atoms with Crippen LogP contribution in [-0.2, 0) is 0 Å². The molecule has 1 fully saturated rings. The van der Waals surface area contributed by atoms with E-state index in [0.717, 1.165) is 22.2 Å². The monoisotopic (exact) mass is 448 g/mol. The summed E-state index contributed by atoms with van der Waals surface area (Å²) in [5.41, 5.74) is 3.30. The number of fused-ring (bicyclic) bond motifs is 2. The van der Waals surface area contributed by atoms with E-state index in [0.29, 0.717) is 48.7 Å². The Labute approximate surface area is 192 Å². The molecule has 2 aliphatic rings. The Morgan fingerprint density at radius 3 is 2.73 bits per heavy atom. The summed E-state index contributed by atoms with van der Waals surface area (Å²) in [5, 5.41) is 8.29. The van der Waals surface area contributed by atoms with E-state index >= 15 is 0 Å². The molecule has 1 spiro atoms. The van der Waals surface area contributed by atoms with Crippen LogP contribution in [0.2, 0.25) is 0 Å². The van der Waals surface area contributed by atoms with Gasteiger partial charge in [-0.25, -0.2) is 4.98 Å². The van der Waals surface area contributed by atoms with Gasteiger partial charge in [0, 0.05) is 48.8 Å². The molecule has 1 N–H and O–H groups in total. The number of aryl methyl sites for hydroxylation is 2. The molecule has 1 aromatic carbocycles. The molecule has 172 valence electrons. The standard InChI is InChI=1S/C25H28N4O4/c1-14(2)32-23-21-19(30)13-25(33-20(21)5-8-26-23)6-9-29(10-7-25)24(31)17-11-15(3)22-18(12-17)16(4)27-28-22/h5,8,11-12,14H,6-7,9-10,13H2,1-4H3,(H,27,28). The van der Waals surface area contributed by atoms with Crippen LogP contribution in [-0.4, -0.2) is 56.6 Å². The van der Waals surface area contributed by atoms with E-state index < -0.39 is 5.60 Å². The molecule has 2 aromatic heterocycles. The van der Waals surface area contributed by atoms with Gasteiger partial charge in [0.2, 0.25) is 5.88 Å². The first-order valence-electron chi connectivity index (χ1n) is 11.4. The number of rotatable bonds is 3. The number of likely N-dealkylation sites (tertiary alicyclic amines) is 1. The van der Waals surface area contributed by atoms with E-state index in [4.69, 9.17) is 9.47 Å². The molecule has 4 heterocycles. The fourth-order valence-electron chi connectivity index (χ4n) is 4.85. The lowest BCUT2D eigenvalue weighted by molar-refractivity contribution is -0.00631. The average Bonchev–Trinajstić information content (AvgIpc) is 3.14. The number of benzene rings is 1. The third kappa shape index (κ3) is 3.73. The quantitative estimate of drug-likeness (QED) is 0.650. The number of pyridine rings is 1. The molecule has 0 atom stereocenters. The van der Waals surface area contributed by atoms with Crippen LogP contribution >= 0.6 is 0 Å². The number of ether oxygens (including phenoxy) is 2. The molecule has 33 heavy (non-hydrogen) atoms. The third-order valence-electron chi connectivity index (χ3n) is 6.56. The van der Waals surface area contributed by atoms with Crippen molar-refractivity contribution < 1.29 is 19.1 Å². The number of aromatic amines is 1. The first-order chi connectivity index (χ1) is 15.8. The highest BCUT2D eigenvalue weighted by molar-refractivity contribution is 6.02. The molecule has 3 aromatic rings. The normalized spacial score (nSPS) is 17.4. The van der Waals surface area contributed by atoms with Crippen LogP contribution in [0.1, 0.15) is 65.1 Å². The van der Waals surface area contributed by atoms with Crippen LogP contribution in [0.15, 0.2) is 24.4 Å². The third-order valence-corrected chi connectivity index (χ3v) is 6.56. The van der Waals surface area contributed by atoms with Gasteiger partial charge in [0.15, 0.2) is 5.78 Å². The van der Waals surface area contributed by atoms with E-state index in [1.807, 2.05) is 44.7 Å². The summed E-state index contributed by atoms with van der Waals surface area (Å²) in [5.74, 6) is 0.828. The Bertz CT molecular complexity index is 1250. The number of aromatic nitrogens is 3. The van der Waals surface area contributed by atoms with E-state index in [2.05, 4.69) is 15.2 Å².